The van der Waals surface area contributed by atoms with Gasteiger partial charge in [0, 0.05) is 25.8 Å². The van der Waals surface area contributed by atoms with Crippen LogP contribution in [0.4, 0.5) is 5.82 Å². The second-order valence-corrected chi connectivity index (χ2v) is 5.08. The Morgan fingerprint density at radius 1 is 1.21 bits per heavy atom. The summed E-state index contributed by atoms with van der Waals surface area (Å²) < 4.78 is 0. The highest BCUT2D eigenvalue weighted by atomic mass is 15.2. The lowest BCUT2D eigenvalue weighted by Crippen LogP contribution is -2.18. The van der Waals surface area contributed by atoms with E-state index in [9.17, 15) is 0 Å². The van der Waals surface area contributed by atoms with Crippen molar-refractivity contribution in [2.75, 3.05) is 11.9 Å². The number of hydrogen-bond donors (Lipinski definition) is 1. The number of aromatic nitrogens is 1. The van der Waals surface area contributed by atoms with Crippen molar-refractivity contribution < 1.29 is 0 Å². The Morgan fingerprint density at radius 2 is 1.89 bits per heavy atom. The van der Waals surface area contributed by atoms with Gasteiger partial charge in [0.25, 0.3) is 0 Å². The highest BCUT2D eigenvalue weighted by Gasteiger charge is 2.06. The summed E-state index contributed by atoms with van der Waals surface area (Å²) in [6, 6.07) is 12.6. The predicted molar refractivity (Wildman–Crippen MR) is 80.1 cm³/mol. The summed E-state index contributed by atoms with van der Waals surface area (Å²) in [4.78, 5) is 6.54. The second kappa shape index (κ2) is 5.85. The number of rotatable bonds is 4. The third-order valence-electron chi connectivity index (χ3n) is 3.23. The average molecular weight is 255 g/mol. The number of nitrogens with zero attached hydrogens (tertiary/aromatic N) is 2. The lowest BCUT2D eigenvalue weighted by molar-refractivity contribution is 0.809. The van der Waals surface area contributed by atoms with Gasteiger partial charge in [0.1, 0.15) is 5.82 Å². The first-order chi connectivity index (χ1) is 9.06. The minimum Gasteiger partial charge on any atom is -0.355 e. The van der Waals surface area contributed by atoms with Gasteiger partial charge in [0.2, 0.25) is 0 Å². The Morgan fingerprint density at radius 3 is 2.53 bits per heavy atom. The first-order valence-corrected chi connectivity index (χ1v) is 6.54. The van der Waals surface area contributed by atoms with Gasteiger partial charge in [-0.3, -0.25) is 0 Å². The molecule has 1 heterocycles. The highest BCUT2D eigenvalue weighted by Crippen LogP contribution is 2.17. The molecule has 0 aliphatic heterocycles. The minimum absolute atomic E-state index is 0.0366. The van der Waals surface area contributed by atoms with Crippen LogP contribution in [0, 0.1) is 6.92 Å². The van der Waals surface area contributed by atoms with Crippen molar-refractivity contribution in [2.45, 2.75) is 26.4 Å². The van der Waals surface area contributed by atoms with Crippen LogP contribution < -0.4 is 10.6 Å². The van der Waals surface area contributed by atoms with Crippen molar-refractivity contribution in [2.24, 2.45) is 5.73 Å². The third-order valence-corrected chi connectivity index (χ3v) is 3.23. The van der Waals surface area contributed by atoms with Crippen molar-refractivity contribution in [1.29, 1.82) is 0 Å². The average Bonchev–Trinajstić information content (AvgIpc) is 2.41. The Balaban J connectivity index is 2.13. The molecule has 19 heavy (non-hydrogen) atoms. The molecular weight excluding hydrogens is 234 g/mol. The van der Waals surface area contributed by atoms with Crippen LogP contribution in [0.5, 0.6) is 0 Å². The highest BCUT2D eigenvalue weighted by molar-refractivity contribution is 5.42. The van der Waals surface area contributed by atoms with Gasteiger partial charge in [0.15, 0.2) is 0 Å². The topological polar surface area (TPSA) is 42.1 Å². The largest absolute Gasteiger partial charge is 0.355 e. The molecule has 1 atom stereocenters. The molecule has 0 spiro atoms. The first-order valence-electron chi connectivity index (χ1n) is 6.54. The summed E-state index contributed by atoms with van der Waals surface area (Å²) >= 11 is 0. The molecule has 2 N–H and O–H groups in total. The molecule has 3 heteroatoms. The van der Waals surface area contributed by atoms with Gasteiger partial charge in [-0.1, -0.05) is 29.8 Å². The van der Waals surface area contributed by atoms with Gasteiger partial charge in [-0.25, -0.2) is 4.98 Å². The van der Waals surface area contributed by atoms with E-state index in [4.69, 9.17) is 5.73 Å². The molecule has 0 aliphatic rings. The molecule has 0 bridgehead atoms. The van der Waals surface area contributed by atoms with Crippen LogP contribution in [0.25, 0.3) is 0 Å². The fourth-order valence-electron chi connectivity index (χ4n) is 1.97. The third kappa shape index (κ3) is 3.55. The summed E-state index contributed by atoms with van der Waals surface area (Å²) in [5.41, 5.74) is 9.58. The molecule has 2 rings (SSSR count). The van der Waals surface area contributed by atoms with Gasteiger partial charge < -0.3 is 10.6 Å². The van der Waals surface area contributed by atoms with Gasteiger partial charge >= 0.3 is 0 Å². The predicted octanol–water partition coefficient (Wildman–Crippen LogP) is 3.05. The van der Waals surface area contributed by atoms with Crippen LogP contribution in [0.3, 0.4) is 0 Å². The number of pyridine rings is 1. The van der Waals surface area contributed by atoms with Gasteiger partial charge in [-0.2, -0.15) is 0 Å². The van der Waals surface area contributed by atoms with E-state index < -0.39 is 0 Å². The Kier molecular flexibility index (Phi) is 4.17. The minimum atomic E-state index is 0.0366. The lowest BCUT2D eigenvalue weighted by Gasteiger charge is -2.19. The number of hydrogen-bond acceptors (Lipinski definition) is 3. The van der Waals surface area contributed by atoms with Crippen molar-refractivity contribution in [1.82, 2.24) is 4.98 Å². The monoisotopic (exact) mass is 255 g/mol. The van der Waals surface area contributed by atoms with Crippen LogP contribution in [-0.2, 0) is 6.54 Å². The number of nitrogens with two attached hydrogens (primary N) is 1. The van der Waals surface area contributed by atoms with Crippen LogP contribution in [-0.4, -0.2) is 12.0 Å². The molecule has 0 saturated carbocycles. The van der Waals surface area contributed by atoms with Crippen LogP contribution >= 0.6 is 0 Å². The Labute approximate surface area is 115 Å². The summed E-state index contributed by atoms with van der Waals surface area (Å²) in [5.74, 6) is 0.954. The van der Waals surface area contributed by atoms with E-state index in [1.807, 2.05) is 26.2 Å². The molecular formula is C16H21N3. The summed E-state index contributed by atoms with van der Waals surface area (Å²) in [7, 11) is 2.05. The molecule has 100 valence electrons. The van der Waals surface area contributed by atoms with Crippen molar-refractivity contribution in [3.05, 3.63) is 59.3 Å². The molecule has 0 fully saturated rings. The van der Waals surface area contributed by atoms with E-state index in [1.165, 1.54) is 11.1 Å². The van der Waals surface area contributed by atoms with Crippen molar-refractivity contribution >= 4 is 5.82 Å². The molecule has 1 aromatic carbocycles. The van der Waals surface area contributed by atoms with E-state index >= 15 is 0 Å². The van der Waals surface area contributed by atoms with Gasteiger partial charge in [0.05, 0.1) is 0 Å². The zero-order valence-electron chi connectivity index (χ0n) is 11.8. The van der Waals surface area contributed by atoms with E-state index in [2.05, 4.69) is 47.1 Å². The van der Waals surface area contributed by atoms with E-state index in [-0.39, 0.29) is 6.04 Å². The van der Waals surface area contributed by atoms with Crippen molar-refractivity contribution in [3.63, 3.8) is 0 Å². The van der Waals surface area contributed by atoms with Gasteiger partial charge in [-0.15, -0.1) is 0 Å². The molecule has 2 aromatic rings. The normalized spacial score (nSPS) is 12.2. The van der Waals surface area contributed by atoms with Crippen LogP contribution in [0.15, 0.2) is 42.6 Å². The molecule has 0 unspecified atom stereocenters. The number of benzene rings is 1. The van der Waals surface area contributed by atoms with E-state index in [1.54, 1.807) is 0 Å². The fraction of sp³-hybridized carbons (Fsp3) is 0.312. The van der Waals surface area contributed by atoms with Crippen LogP contribution in [0.1, 0.15) is 29.7 Å². The number of anilines is 1. The van der Waals surface area contributed by atoms with E-state index in [0.29, 0.717) is 0 Å². The summed E-state index contributed by atoms with van der Waals surface area (Å²) in [6.07, 6.45) is 1.82. The SMILES string of the molecule is Cc1ccc(CN(C)c2cc([C@@H](C)N)ccn2)cc1. The Hall–Kier alpha value is -1.87. The van der Waals surface area contributed by atoms with Crippen molar-refractivity contribution in [3.8, 4) is 0 Å². The standard InChI is InChI=1S/C16H21N3/c1-12-4-6-14(7-5-12)11-19(3)16-10-15(13(2)17)8-9-18-16/h4-10,13H,11,17H2,1-3H3/t13-/m1/s1. The fourth-order valence-corrected chi connectivity index (χ4v) is 1.97. The quantitative estimate of drug-likeness (QED) is 0.913. The van der Waals surface area contributed by atoms with Crippen LogP contribution in [0.2, 0.25) is 0 Å². The first kappa shape index (κ1) is 13.6. The zero-order chi connectivity index (χ0) is 13.8. The lowest BCUT2D eigenvalue weighted by atomic mass is 10.1. The molecule has 0 saturated heterocycles. The second-order valence-electron chi connectivity index (χ2n) is 5.08. The molecule has 0 amide bonds. The molecule has 0 radical (unpaired) electrons. The van der Waals surface area contributed by atoms with E-state index in [0.717, 1.165) is 17.9 Å². The maximum Gasteiger partial charge on any atom is 0.128 e. The smallest absolute Gasteiger partial charge is 0.128 e. The zero-order valence-corrected chi connectivity index (χ0v) is 11.8. The number of aryl methyl sites for hydroxylation is 1. The summed E-state index contributed by atoms with van der Waals surface area (Å²) in [6.45, 7) is 4.93. The Bertz CT molecular complexity index is 532. The molecule has 0 aliphatic carbocycles. The molecule has 1 aromatic heterocycles. The maximum atomic E-state index is 5.91. The maximum absolute atomic E-state index is 5.91. The summed E-state index contributed by atoms with van der Waals surface area (Å²) in [5, 5.41) is 0. The van der Waals surface area contributed by atoms with Gasteiger partial charge in [-0.05, 0) is 37.1 Å². The molecule has 3 nitrogen and oxygen atoms in total.